The van der Waals surface area contributed by atoms with Crippen LogP contribution in [0.2, 0.25) is 0 Å². The number of hydrogen-bond acceptors (Lipinski definition) is 6. The Morgan fingerprint density at radius 3 is 2.33 bits per heavy atom. The molecule has 1 aliphatic heterocycles. The predicted octanol–water partition coefficient (Wildman–Crippen LogP) is 3.88. The van der Waals surface area contributed by atoms with Crippen LogP contribution in [-0.4, -0.2) is 41.3 Å². The first-order chi connectivity index (χ1) is 14.4. The molecule has 156 valence electrons. The van der Waals surface area contributed by atoms with E-state index in [0.717, 1.165) is 24.1 Å². The normalized spacial score (nSPS) is 15.8. The van der Waals surface area contributed by atoms with Crippen LogP contribution in [-0.2, 0) is 10.0 Å². The van der Waals surface area contributed by atoms with Gasteiger partial charge in [-0.2, -0.15) is 4.31 Å². The van der Waals surface area contributed by atoms with E-state index in [1.54, 1.807) is 24.3 Å². The molecule has 1 fully saturated rings. The van der Waals surface area contributed by atoms with E-state index in [9.17, 15) is 13.2 Å². The summed E-state index contributed by atoms with van der Waals surface area (Å²) in [6.07, 6.45) is 1.75. The quantitative estimate of drug-likeness (QED) is 0.647. The molecule has 1 saturated heterocycles. The Hall–Kier alpha value is -2.62. The first-order valence-electron chi connectivity index (χ1n) is 9.72. The molecule has 30 heavy (non-hydrogen) atoms. The van der Waals surface area contributed by atoms with Crippen molar-refractivity contribution in [1.82, 2.24) is 13.9 Å². The minimum absolute atomic E-state index is 0.217. The van der Waals surface area contributed by atoms with E-state index >= 15 is 0 Å². The number of aromatic nitrogens is 2. The Morgan fingerprint density at radius 1 is 1.07 bits per heavy atom. The highest BCUT2D eigenvalue weighted by Crippen LogP contribution is 2.24. The largest absolute Gasteiger partial charge is 0.322 e. The number of rotatable bonds is 5. The van der Waals surface area contributed by atoms with Gasteiger partial charge >= 0.3 is 0 Å². The van der Waals surface area contributed by atoms with Crippen molar-refractivity contribution in [3.8, 4) is 11.3 Å². The molecule has 0 radical (unpaired) electrons. The van der Waals surface area contributed by atoms with Crippen LogP contribution in [0.4, 0.5) is 5.69 Å². The first kappa shape index (κ1) is 20.6. The molecular weight excluding hydrogens is 420 g/mol. The van der Waals surface area contributed by atoms with Gasteiger partial charge in [0.05, 0.1) is 4.90 Å². The highest BCUT2D eigenvalue weighted by Gasteiger charge is 2.28. The molecule has 0 bridgehead atoms. The van der Waals surface area contributed by atoms with Gasteiger partial charge in [0.25, 0.3) is 5.91 Å². The number of hydrogen-bond donors (Lipinski definition) is 1. The van der Waals surface area contributed by atoms with Gasteiger partial charge in [-0.25, -0.2) is 8.42 Å². The van der Waals surface area contributed by atoms with Crippen LogP contribution in [0.15, 0.2) is 58.8 Å². The van der Waals surface area contributed by atoms with Crippen LogP contribution < -0.4 is 5.32 Å². The van der Waals surface area contributed by atoms with Gasteiger partial charge in [0.1, 0.15) is 5.69 Å². The van der Waals surface area contributed by atoms with E-state index in [4.69, 9.17) is 0 Å². The van der Waals surface area contributed by atoms with E-state index in [1.807, 2.05) is 17.5 Å². The second kappa shape index (κ2) is 8.63. The number of amides is 1. The van der Waals surface area contributed by atoms with E-state index in [-0.39, 0.29) is 10.8 Å². The monoisotopic (exact) mass is 442 g/mol. The van der Waals surface area contributed by atoms with Crippen molar-refractivity contribution in [2.45, 2.75) is 24.7 Å². The number of nitrogens with zero attached hydrogens (tertiary/aromatic N) is 3. The van der Waals surface area contributed by atoms with E-state index in [2.05, 4.69) is 21.8 Å². The molecule has 7 nitrogen and oxygen atoms in total. The van der Waals surface area contributed by atoms with E-state index in [1.165, 1.54) is 28.0 Å². The molecular formula is C21H22N4O3S2. The molecule has 0 spiro atoms. The molecule has 2 aromatic carbocycles. The average Bonchev–Trinajstić information content (AvgIpc) is 3.30. The summed E-state index contributed by atoms with van der Waals surface area (Å²) in [5, 5.41) is 8.70. The summed E-state index contributed by atoms with van der Waals surface area (Å²) in [5.41, 5.74) is 2.75. The van der Waals surface area contributed by atoms with Crippen molar-refractivity contribution in [2.75, 3.05) is 18.4 Å². The summed E-state index contributed by atoms with van der Waals surface area (Å²) in [7, 11) is -3.52. The van der Waals surface area contributed by atoms with Crippen molar-refractivity contribution in [3.05, 3.63) is 59.5 Å². The van der Waals surface area contributed by atoms with Gasteiger partial charge in [-0.05, 0) is 66.7 Å². The summed E-state index contributed by atoms with van der Waals surface area (Å²) < 4.78 is 31.0. The molecule has 3 aromatic rings. The van der Waals surface area contributed by atoms with Gasteiger partial charge in [0.2, 0.25) is 10.0 Å². The maximum absolute atomic E-state index is 12.8. The fourth-order valence-electron chi connectivity index (χ4n) is 3.37. The summed E-state index contributed by atoms with van der Waals surface area (Å²) in [4.78, 5) is 12.8. The molecule has 1 aliphatic rings. The van der Waals surface area contributed by atoms with Gasteiger partial charge in [0, 0.05) is 35.3 Å². The van der Waals surface area contributed by atoms with Crippen LogP contribution in [0.1, 0.15) is 30.1 Å². The number of nitrogens with one attached hydrogen (secondary N) is 1. The SMILES string of the molecule is CC1CCN(S(=O)(=O)c2ccc(C(=O)Nc3ccc(-c4csnn4)cc3)cc2)CC1. The Labute approximate surface area is 180 Å². The minimum atomic E-state index is -3.52. The number of anilines is 1. The predicted molar refractivity (Wildman–Crippen MR) is 117 cm³/mol. The summed E-state index contributed by atoms with van der Waals surface area (Å²) in [5.74, 6) is 0.253. The zero-order chi connectivity index (χ0) is 21.1. The molecule has 1 aromatic heterocycles. The Balaban J connectivity index is 1.43. The lowest BCUT2D eigenvalue weighted by molar-refractivity contribution is 0.102. The third-order valence-corrected chi connectivity index (χ3v) is 7.71. The van der Waals surface area contributed by atoms with Gasteiger partial charge in [-0.1, -0.05) is 23.5 Å². The van der Waals surface area contributed by atoms with Crippen LogP contribution in [0, 0.1) is 5.92 Å². The van der Waals surface area contributed by atoms with Crippen LogP contribution >= 0.6 is 11.5 Å². The molecule has 9 heteroatoms. The summed E-state index contributed by atoms with van der Waals surface area (Å²) in [6.45, 7) is 3.22. The third-order valence-electron chi connectivity index (χ3n) is 5.30. The molecule has 1 N–H and O–H groups in total. The van der Waals surface area contributed by atoms with Gasteiger partial charge in [-0.3, -0.25) is 4.79 Å². The van der Waals surface area contributed by atoms with Crippen molar-refractivity contribution in [2.24, 2.45) is 5.92 Å². The molecule has 0 aliphatic carbocycles. The number of benzene rings is 2. The van der Waals surface area contributed by atoms with Crippen LogP contribution in [0.5, 0.6) is 0 Å². The third kappa shape index (κ3) is 4.43. The van der Waals surface area contributed by atoms with E-state index in [0.29, 0.717) is 30.3 Å². The molecule has 4 rings (SSSR count). The Morgan fingerprint density at radius 2 is 1.73 bits per heavy atom. The average molecular weight is 443 g/mol. The fraction of sp³-hybridized carbons (Fsp3) is 0.286. The van der Waals surface area contributed by atoms with Crippen LogP contribution in [0.3, 0.4) is 0 Å². The highest BCUT2D eigenvalue weighted by molar-refractivity contribution is 7.89. The van der Waals surface area contributed by atoms with Gasteiger partial charge in [0.15, 0.2) is 0 Å². The Bertz CT molecular complexity index is 1100. The van der Waals surface area contributed by atoms with Crippen molar-refractivity contribution >= 4 is 33.2 Å². The maximum Gasteiger partial charge on any atom is 0.255 e. The summed E-state index contributed by atoms with van der Waals surface area (Å²) in [6, 6.07) is 13.4. The van der Waals surface area contributed by atoms with Crippen LogP contribution in [0.25, 0.3) is 11.3 Å². The summed E-state index contributed by atoms with van der Waals surface area (Å²) >= 11 is 1.28. The zero-order valence-corrected chi connectivity index (χ0v) is 18.1. The zero-order valence-electron chi connectivity index (χ0n) is 16.5. The number of sulfonamides is 1. The van der Waals surface area contributed by atoms with Crippen molar-refractivity contribution in [3.63, 3.8) is 0 Å². The second-order valence-corrected chi connectivity index (χ2v) is 9.98. The fourth-order valence-corrected chi connectivity index (χ4v) is 5.31. The van der Waals surface area contributed by atoms with Gasteiger partial charge < -0.3 is 5.32 Å². The maximum atomic E-state index is 12.8. The number of carbonyl (C=O) groups is 1. The molecule has 0 unspecified atom stereocenters. The topological polar surface area (TPSA) is 92.3 Å². The highest BCUT2D eigenvalue weighted by atomic mass is 32.2. The number of carbonyl (C=O) groups excluding carboxylic acids is 1. The first-order valence-corrected chi connectivity index (χ1v) is 12.0. The standard InChI is InChI=1S/C21H22N4O3S2/c1-15-10-12-25(13-11-15)30(27,28)19-8-4-17(5-9-19)21(26)22-18-6-2-16(3-7-18)20-14-29-24-23-20/h2-9,14-15H,10-13H2,1H3,(H,22,26). The van der Waals surface area contributed by atoms with Crippen molar-refractivity contribution in [1.29, 1.82) is 0 Å². The van der Waals surface area contributed by atoms with Gasteiger partial charge in [-0.15, -0.1) is 5.10 Å². The minimum Gasteiger partial charge on any atom is -0.322 e. The lowest BCUT2D eigenvalue weighted by Crippen LogP contribution is -2.37. The molecule has 2 heterocycles. The molecule has 0 atom stereocenters. The van der Waals surface area contributed by atoms with Crippen molar-refractivity contribution < 1.29 is 13.2 Å². The lowest BCUT2D eigenvalue weighted by Gasteiger charge is -2.29. The second-order valence-electron chi connectivity index (χ2n) is 7.43. The Kier molecular flexibility index (Phi) is 5.94. The lowest BCUT2D eigenvalue weighted by atomic mass is 10.0. The smallest absolute Gasteiger partial charge is 0.255 e. The molecule has 0 saturated carbocycles. The number of piperidine rings is 1. The van der Waals surface area contributed by atoms with E-state index < -0.39 is 10.0 Å². The molecule has 1 amide bonds.